The molecule has 0 heterocycles. The van der Waals surface area contributed by atoms with E-state index in [1.807, 2.05) is 91.0 Å². The Morgan fingerprint density at radius 1 is 0.441 bits per heavy atom. The van der Waals surface area contributed by atoms with Gasteiger partial charge in [0.1, 0.15) is 0 Å². The summed E-state index contributed by atoms with van der Waals surface area (Å²) in [5, 5.41) is 24.9. The summed E-state index contributed by atoms with van der Waals surface area (Å²) >= 11 is 0. The first-order valence-electron chi connectivity index (χ1n) is 9.75. The van der Waals surface area contributed by atoms with Crippen molar-refractivity contribution in [2.75, 3.05) is 0 Å². The number of carboxylic acids is 3. The molecule has 0 aromatic heterocycles. The maximum absolute atomic E-state index is 10.1. The minimum absolute atomic E-state index is 0. The maximum Gasteiger partial charge on any atom is 0.328 e. The number of hydrogen-bond acceptors (Lipinski definition) is 3. The van der Waals surface area contributed by atoms with E-state index in [4.69, 9.17) is 15.3 Å². The fourth-order valence-corrected chi connectivity index (χ4v) is 2.19. The van der Waals surface area contributed by atoms with Gasteiger partial charge in [-0.25, -0.2) is 14.4 Å². The summed E-state index contributed by atoms with van der Waals surface area (Å²) in [5.74, 6) is -2.77. The molecule has 0 aliphatic rings. The largest absolute Gasteiger partial charge is 0.478 e. The zero-order valence-electron chi connectivity index (χ0n) is 18.2. The number of rotatable bonds is 6. The first-order chi connectivity index (χ1) is 15.9. The van der Waals surface area contributed by atoms with Gasteiger partial charge >= 0.3 is 17.9 Å². The third kappa shape index (κ3) is 17.2. The molecule has 0 saturated carbocycles. The SMILES string of the molecule is O=C(O)C=Cc1ccccc1.O=C(O)C=Cc1ccccc1.O=C(O)C=Cc1ccccc1.[Ce]. The van der Waals surface area contributed by atoms with Crippen LogP contribution in [0.4, 0.5) is 0 Å². The molecule has 0 amide bonds. The van der Waals surface area contributed by atoms with Crippen LogP contribution in [0.15, 0.2) is 109 Å². The molecule has 34 heavy (non-hydrogen) atoms. The van der Waals surface area contributed by atoms with Crippen LogP contribution in [0.5, 0.6) is 0 Å². The summed E-state index contributed by atoms with van der Waals surface area (Å²) in [6.07, 6.45) is 8.03. The summed E-state index contributed by atoms with van der Waals surface area (Å²) in [6.45, 7) is 0. The van der Waals surface area contributed by atoms with Crippen molar-refractivity contribution in [3.8, 4) is 0 Å². The van der Waals surface area contributed by atoms with Gasteiger partial charge < -0.3 is 15.3 Å². The fourth-order valence-electron chi connectivity index (χ4n) is 2.19. The average Bonchev–Trinajstić information content (AvgIpc) is 2.83. The van der Waals surface area contributed by atoms with Crippen LogP contribution < -0.4 is 0 Å². The molecule has 3 aromatic carbocycles. The Balaban J connectivity index is 0.000000473. The number of carbonyl (C=O) groups is 3. The van der Waals surface area contributed by atoms with Crippen LogP contribution in [0.2, 0.25) is 0 Å². The second-order valence-electron chi connectivity index (χ2n) is 6.25. The molecule has 172 valence electrons. The van der Waals surface area contributed by atoms with E-state index < -0.39 is 17.9 Å². The monoisotopic (exact) mass is 584 g/mol. The smallest absolute Gasteiger partial charge is 0.328 e. The van der Waals surface area contributed by atoms with Gasteiger partial charge in [-0.2, -0.15) is 0 Å². The van der Waals surface area contributed by atoms with Gasteiger partial charge in [-0.15, -0.1) is 0 Å². The van der Waals surface area contributed by atoms with Crippen LogP contribution in [0.3, 0.4) is 0 Å². The zero-order valence-corrected chi connectivity index (χ0v) is 21.3. The normalized spacial score (nSPS) is 9.88. The third-order valence-electron chi connectivity index (χ3n) is 3.65. The van der Waals surface area contributed by atoms with Gasteiger partial charge in [-0.05, 0) is 34.9 Å². The van der Waals surface area contributed by atoms with E-state index in [-0.39, 0.29) is 41.7 Å². The number of hydrogen-bond donors (Lipinski definition) is 3. The quantitative estimate of drug-likeness (QED) is 0.337. The molecule has 3 aromatic rings. The minimum Gasteiger partial charge on any atom is -0.478 e. The predicted octanol–water partition coefficient (Wildman–Crippen LogP) is 5.35. The standard InChI is InChI=1S/3C9H8O2.Ce/c3*10-9(11)7-6-8-4-2-1-3-5-8;/h3*1-7H,(H,10,11);. The van der Waals surface area contributed by atoms with Gasteiger partial charge in [0.05, 0.1) is 0 Å². The van der Waals surface area contributed by atoms with Gasteiger partial charge in [0.15, 0.2) is 0 Å². The molecule has 0 radical (unpaired) electrons. The molecule has 0 unspecified atom stereocenters. The Labute approximate surface area is 232 Å². The second kappa shape index (κ2) is 19.2. The molecule has 0 bridgehead atoms. The van der Waals surface area contributed by atoms with Crippen molar-refractivity contribution >= 4 is 36.1 Å². The van der Waals surface area contributed by atoms with Crippen molar-refractivity contribution in [1.29, 1.82) is 0 Å². The van der Waals surface area contributed by atoms with Crippen LogP contribution in [0.1, 0.15) is 16.7 Å². The first-order valence-corrected chi connectivity index (χ1v) is 9.75. The maximum atomic E-state index is 10.1. The molecule has 0 atom stereocenters. The number of aliphatic carboxylic acids is 3. The van der Waals surface area contributed by atoms with Crippen LogP contribution in [0, 0.1) is 41.7 Å². The Morgan fingerprint density at radius 2 is 0.647 bits per heavy atom. The van der Waals surface area contributed by atoms with Crippen molar-refractivity contribution in [1.82, 2.24) is 0 Å². The van der Waals surface area contributed by atoms with E-state index in [1.165, 1.54) is 0 Å². The van der Waals surface area contributed by atoms with E-state index in [0.29, 0.717) is 0 Å². The van der Waals surface area contributed by atoms with E-state index in [2.05, 4.69) is 0 Å². The minimum atomic E-state index is -0.922. The molecule has 0 spiro atoms. The molecular formula is C27H24CeO6. The Hall–Kier alpha value is -3.33. The summed E-state index contributed by atoms with van der Waals surface area (Å²) < 4.78 is 0. The number of benzene rings is 3. The fraction of sp³-hybridized carbons (Fsp3) is 0. The molecule has 0 aliphatic heterocycles. The molecular weight excluding hydrogens is 560 g/mol. The van der Waals surface area contributed by atoms with E-state index in [1.54, 1.807) is 18.2 Å². The topological polar surface area (TPSA) is 112 Å². The van der Waals surface area contributed by atoms with E-state index in [0.717, 1.165) is 34.9 Å². The predicted molar refractivity (Wildman–Crippen MR) is 129 cm³/mol. The second-order valence-corrected chi connectivity index (χ2v) is 6.25. The van der Waals surface area contributed by atoms with Gasteiger partial charge in [-0.3, -0.25) is 0 Å². The zero-order chi connectivity index (χ0) is 24.3. The van der Waals surface area contributed by atoms with Crippen LogP contribution in [-0.4, -0.2) is 33.2 Å². The molecule has 3 N–H and O–H groups in total. The molecule has 3 rings (SSSR count). The van der Waals surface area contributed by atoms with Crippen molar-refractivity contribution in [2.45, 2.75) is 0 Å². The van der Waals surface area contributed by atoms with Gasteiger partial charge in [0, 0.05) is 60.0 Å². The summed E-state index contributed by atoms with van der Waals surface area (Å²) in [7, 11) is 0. The molecule has 6 nitrogen and oxygen atoms in total. The summed E-state index contributed by atoms with van der Waals surface area (Å²) in [5.41, 5.74) is 2.69. The van der Waals surface area contributed by atoms with Crippen molar-refractivity contribution in [3.63, 3.8) is 0 Å². The first kappa shape index (κ1) is 30.7. The van der Waals surface area contributed by atoms with Crippen molar-refractivity contribution in [3.05, 3.63) is 126 Å². The average molecular weight is 585 g/mol. The van der Waals surface area contributed by atoms with Gasteiger partial charge in [0.2, 0.25) is 0 Å². The summed E-state index contributed by atoms with van der Waals surface area (Å²) in [6, 6.07) is 27.9. The molecule has 7 heteroatoms. The molecule has 0 aliphatic carbocycles. The molecule has 0 fully saturated rings. The van der Waals surface area contributed by atoms with Crippen LogP contribution in [-0.2, 0) is 14.4 Å². The third-order valence-corrected chi connectivity index (χ3v) is 3.65. The van der Waals surface area contributed by atoms with Gasteiger partial charge in [0.25, 0.3) is 0 Å². The molecule has 0 saturated heterocycles. The van der Waals surface area contributed by atoms with E-state index >= 15 is 0 Å². The Morgan fingerprint density at radius 3 is 0.824 bits per heavy atom. The Bertz CT molecular complexity index is 934. The summed E-state index contributed by atoms with van der Waals surface area (Å²) in [4.78, 5) is 30.3. The number of carboxylic acid groups (broad SMARTS) is 3. The van der Waals surface area contributed by atoms with Crippen molar-refractivity contribution < 1.29 is 71.5 Å². The Kier molecular flexibility index (Phi) is 17.3. The van der Waals surface area contributed by atoms with Gasteiger partial charge in [-0.1, -0.05) is 91.0 Å². The van der Waals surface area contributed by atoms with Crippen molar-refractivity contribution in [2.24, 2.45) is 0 Å². The van der Waals surface area contributed by atoms with Crippen LogP contribution >= 0.6 is 0 Å². The van der Waals surface area contributed by atoms with E-state index in [9.17, 15) is 14.4 Å². The van der Waals surface area contributed by atoms with Crippen LogP contribution in [0.25, 0.3) is 18.2 Å².